The SMILES string of the molecule is CC(C)c1nc(N(C)C)nc(-c2ccc(F)cc2)c1/C=C/[C@@H](O)C[C@@H](O)CC(=O)[O-].CC1=C(/C=C/C(C)=C\C=C\C(C)=C\C(=O)[O-])C(C)(C)CCC1.CCCCC(=O)N(Cc1ccc(-c2ccccc2-c2nn[nH]n2)cc1)[C@H](C(=O)[O-])C(C)C.CCCCC[C@H](O)CC[C@H]1[C@H](O)C[C@]2(C)Cc3c(cccc3OCC)C[C@]12C.O=S=O. The van der Waals surface area contributed by atoms with E-state index in [0.29, 0.717) is 47.2 Å². The van der Waals surface area contributed by atoms with E-state index >= 15 is 0 Å². The number of amides is 1. The zero-order valence-corrected chi connectivity index (χ0v) is 70.9. The van der Waals surface area contributed by atoms with Crippen LogP contribution in [0.2, 0.25) is 0 Å². The fourth-order valence-corrected chi connectivity index (χ4v) is 15.6. The van der Waals surface area contributed by atoms with Gasteiger partial charge in [-0.25, -0.2) is 14.4 Å². The number of allylic oxidation sites excluding steroid dienone is 9. The van der Waals surface area contributed by atoms with E-state index in [1.807, 2.05) is 109 Å². The fourth-order valence-electron chi connectivity index (χ4n) is 15.6. The second-order valence-electron chi connectivity index (χ2n) is 32.3. The molecule has 0 radical (unpaired) electrons. The second-order valence-corrected chi connectivity index (χ2v) is 32.4. The largest absolute Gasteiger partial charge is 0.550 e. The molecule has 24 heteroatoms. The van der Waals surface area contributed by atoms with Gasteiger partial charge in [0.1, 0.15) is 11.6 Å². The van der Waals surface area contributed by atoms with Crippen molar-refractivity contribution in [2.75, 3.05) is 25.6 Å². The van der Waals surface area contributed by atoms with Crippen LogP contribution in [0.3, 0.4) is 0 Å². The number of aliphatic hydroxyl groups is 4. The van der Waals surface area contributed by atoms with E-state index < -0.39 is 54.1 Å². The van der Waals surface area contributed by atoms with E-state index in [2.05, 4.69) is 102 Å². The van der Waals surface area contributed by atoms with Crippen LogP contribution in [0.15, 0.2) is 156 Å². The smallest absolute Gasteiger partial charge is 0.335 e. The number of hydrogen-bond donors (Lipinski definition) is 5. The van der Waals surface area contributed by atoms with Crippen molar-refractivity contribution < 1.29 is 72.5 Å². The molecule has 4 aromatic carbocycles. The summed E-state index contributed by atoms with van der Waals surface area (Å²) in [5.74, 6) is -2.24. The first kappa shape index (κ1) is 96.1. The molecule has 9 rings (SSSR count). The van der Waals surface area contributed by atoms with Gasteiger partial charge in [-0.2, -0.15) is 13.6 Å². The Kier molecular flexibility index (Phi) is 39.2. The molecule has 3 aliphatic rings. The molecule has 0 saturated heterocycles. The second kappa shape index (κ2) is 46.9. The zero-order chi connectivity index (χ0) is 85.3. The predicted octanol–water partition coefficient (Wildman–Crippen LogP) is 13.5. The Morgan fingerprint density at radius 2 is 1.45 bits per heavy atom. The number of carboxylic acids is 3. The molecule has 1 amide bonds. The lowest BCUT2D eigenvalue weighted by molar-refractivity contribution is -0.313. The molecule has 2 aromatic heterocycles. The Balaban J connectivity index is 0.000000272. The van der Waals surface area contributed by atoms with Crippen molar-refractivity contribution >= 4 is 47.4 Å². The molecular weight excluding hydrogens is 1480 g/mol. The van der Waals surface area contributed by atoms with Crippen LogP contribution in [0.5, 0.6) is 5.75 Å². The summed E-state index contributed by atoms with van der Waals surface area (Å²) in [5, 5.41) is 88.4. The Labute approximate surface area is 683 Å². The van der Waals surface area contributed by atoms with Gasteiger partial charge in [-0.15, -0.1) is 10.2 Å². The highest BCUT2D eigenvalue weighted by atomic mass is 32.1. The molecule has 626 valence electrons. The molecule has 3 aliphatic carbocycles. The van der Waals surface area contributed by atoms with Crippen LogP contribution >= 0.6 is 0 Å². The third kappa shape index (κ3) is 29.0. The van der Waals surface area contributed by atoms with Crippen molar-refractivity contribution in [1.29, 1.82) is 0 Å². The number of tetrazole rings is 1. The van der Waals surface area contributed by atoms with Crippen LogP contribution in [0, 0.1) is 33.9 Å². The monoisotopic (exact) mass is 1600 g/mol. The van der Waals surface area contributed by atoms with Crippen LogP contribution in [0.1, 0.15) is 227 Å². The molecule has 1 fully saturated rings. The van der Waals surface area contributed by atoms with E-state index in [-0.39, 0.29) is 70.9 Å². The first-order valence-electron chi connectivity index (χ1n) is 40.1. The number of H-pyrrole nitrogens is 1. The molecule has 0 aliphatic heterocycles. The molecule has 0 bridgehead atoms. The highest BCUT2D eigenvalue weighted by Crippen LogP contribution is 2.63. The molecule has 5 N–H and O–H groups in total. The van der Waals surface area contributed by atoms with Gasteiger partial charge in [0.25, 0.3) is 0 Å². The lowest BCUT2D eigenvalue weighted by Crippen LogP contribution is -2.52. The van der Waals surface area contributed by atoms with Gasteiger partial charge >= 0.3 is 11.6 Å². The molecule has 8 atom stereocenters. The number of aliphatic hydroxyl groups excluding tert-OH is 4. The van der Waals surface area contributed by atoms with Gasteiger partial charge in [0.2, 0.25) is 17.7 Å². The third-order valence-electron chi connectivity index (χ3n) is 21.9. The van der Waals surface area contributed by atoms with E-state index in [4.69, 9.17) is 13.2 Å². The van der Waals surface area contributed by atoms with Crippen LogP contribution in [0.4, 0.5) is 10.3 Å². The van der Waals surface area contributed by atoms with Crippen molar-refractivity contribution in [1.82, 2.24) is 35.5 Å². The van der Waals surface area contributed by atoms with Crippen LogP contribution in [-0.2, 0) is 50.1 Å². The number of carbonyl (C=O) groups is 4. The number of benzene rings is 4. The lowest BCUT2D eigenvalue weighted by Gasteiger charge is -2.49. The average molecular weight is 1600 g/mol. The van der Waals surface area contributed by atoms with Gasteiger partial charge in [0.15, 0.2) is 0 Å². The Bertz CT molecular complexity index is 4340. The highest BCUT2D eigenvalue weighted by molar-refractivity contribution is 7.51. The van der Waals surface area contributed by atoms with Crippen LogP contribution in [-0.4, -0.2) is 139 Å². The summed E-state index contributed by atoms with van der Waals surface area (Å²) in [5.41, 5.74) is 14.1. The van der Waals surface area contributed by atoms with Crippen molar-refractivity contribution in [3.05, 3.63) is 190 Å². The van der Waals surface area contributed by atoms with Crippen molar-refractivity contribution in [2.45, 2.75) is 249 Å². The van der Waals surface area contributed by atoms with Crippen molar-refractivity contribution in [2.24, 2.45) is 28.1 Å². The fraction of sp³-hybridized carbons (Fsp3) is 0.505. The first-order chi connectivity index (χ1) is 54.5. The summed E-state index contributed by atoms with van der Waals surface area (Å²) >= 11 is -0.750. The number of aromatic amines is 1. The van der Waals surface area contributed by atoms with Gasteiger partial charge in [-0.3, -0.25) is 4.79 Å². The van der Waals surface area contributed by atoms with Gasteiger partial charge < -0.3 is 64.7 Å². The Morgan fingerprint density at radius 1 is 0.791 bits per heavy atom. The van der Waals surface area contributed by atoms with Gasteiger partial charge in [0.05, 0.1) is 60.4 Å². The molecule has 6 aromatic rings. The average Bonchev–Trinajstić information content (AvgIpc) is 1.57. The number of fused-ring (bicyclic) bond motifs is 2. The molecule has 0 spiro atoms. The predicted molar refractivity (Wildman–Crippen MR) is 445 cm³/mol. The summed E-state index contributed by atoms with van der Waals surface area (Å²) in [6, 6.07) is 26.9. The molecule has 1 saturated carbocycles. The number of nitrogens with one attached hydrogen (secondary N) is 1. The number of ether oxygens (including phenoxy) is 1. The minimum atomic E-state index is -1.38. The quantitative estimate of drug-likeness (QED) is 0.0145. The number of aromatic nitrogens is 6. The third-order valence-corrected chi connectivity index (χ3v) is 21.9. The number of nitrogens with zero attached hydrogens (tertiary/aromatic N) is 7. The standard InChI is InChI=1S/C25H40O3.C24H29N5O3.C22H28FN3O4.C20H28O2.O2S/c1-5-7-8-11-19(26)13-14-21-22(27)17-24(3)16-20-18(15-25(21,24)4)10-9-12-23(20)28-6-2;1-4-5-10-21(30)29(22(16(2)3)24(31)32)15-17-11-13-18(14-12-17)19-8-6-7-9-20(19)23-25-27-28-26-23;1-13(2)20-18(10-9-16(27)11-17(28)12-19(29)30)21(25-22(24-20)26(3)4)14-5-7-15(23)8-6-14;1-15(8-6-9-16(2)14-19(21)22)11-12-18-17(3)10-7-13-20(18,4)5;1-3-2/h9-10,12,19,21-22,26-27H,5-8,11,13-17H2,1-4H3;6-9,11-14,16,22H,4-5,10,15H2,1-3H3,(H,31,32)(H,25,26,27,28);5-10,13,16-17,27-28H,11-12H2,1-4H3,(H,29,30);6,8-9,11-12,14H,7,10,13H2,1-5H3,(H,21,22);/p-3/b;;10-9+;9-6+,12-11+,15-8-,16-14+;/t19-,21-,22+,24-,25+;22-;16-,17-;;/m001../s1. The van der Waals surface area contributed by atoms with Crippen molar-refractivity contribution in [3.8, 4) is 39.5 Å². The number of carboxylic acid groups (broad SMARTS) is 3. The molecule has 115 heavy (non-hydrogen) atoms. The normalized spacial score (nSPS) is 18.8. The van der Waals surface area contributed by atoms with Crippen LogP contribution in [0.25, 0.3) is 39.8 Å². The minimum Gasteiger partial charge on any atom is -0.550 e. The number of aliphatic carboxylic acids is 3. The summed E-state index contributed by atoms with van der Waals surface area (Å²) in [6.45, 7) is 30.0. The molecule has 0 unspecified atom stereocenters. The van der Waals surface area contributed by atoms with Crippen LogP contribution < -0.4 is 25.0 Å². The maximum atomic E-state index is 13.4. The summed E-state index contributed by atoms with van der Waals surface area (Å²) < 4.78 is 35.9. The number of rotatable bonds is 33. The molecular formula is C91H122FN8O14S-3. The van der Waals surface area contributed by atoms with Gasteiger partial charge in [-0.1, -0.05) is 209 Å². The summed E-state index contributed by atoms with van der Waals surface area (Å²) in [6.07, 6.45) is 25.2. The topological polar surface area (TPSA) is 348 Å². The number of anilines is 1. The maximum absolute atomic E-state index is 13.4. The molecule has 22 nitrogen and oxygen atoms in total. The zero-order valence-electron chi connectivity index (χ0n) is 70.1. The number of hydrogen-bond acceptors (Lipinski definition) is 20. The maximum Gasteiger partial charge on any atom is 0.335 e. The summed E-state index contributed by atoms with van der Waals surface area (Å²) in [7, 11) is 3.65. The van der Waals surface area contributed by atoms with Crippen molar-refractivity contribution in [3.63, 3.8) is 0 Å². The number of unbranched alkanes of at least 4 members (excludes halogenated alkanes) is 3. The van der Waals surface area contributed by atoms with E-state index in [0.717, 1.165) is 103 Å². The van der Waals surface area contributed by atoms with E-state index in [1.54, 1.807) is 50.0 Å². The number of halogens is 1. The minimum absolute atomic E-state index is 0.0337. The Hall–Kier alpha value is -9.46. The Morgan fingerprint density at radius 3 is 2.03 bits per heavy atom. The van der Waals surface area contributed by atoms with E-state index in [1.165, 1.54) is 77.5 Å². The van der Waals surface area contributed by atoms with E-state index in [9.17, 15) is 59.3 Å². The lowest BCUT2D eigenvalue weighted by atomic mass is 9.55. The highest BCUT2D eigenvalue weighted by Gasteiger charge is 2.60. The van der Waals surface area contributed by atoms with Gasteiger partial charge in [-0.05, 0) is 206 Å². The summed E-state index contributed by atoms with van der Waals surface area (Å²) in [4.78, 5) is 58.1. The number of carbonyl (C=O) groups excluding carboxylic acids is 4. The van der Waals surface area contributed by atoms with Gasteiger partial charge in [0, 0.05) is 62.6 Å². The molecule has 2 heterocycles. The first-order valence-corrected chi connectivity index (χ1v) is 40.8.